The number of hydrogen-bond donors (Lipinski definition) is 0. The first-order chi connectivity index (χ1) is 11.2. The predicted molar refractivity (Wildman–Crippen MR) is 85.0 cm³/mol. The van der Waals surface area contributed by atoms with Crippen LogP contribution >= 0.6 is 11.3 Å². The smallest absolute Gasteiger partial charge is 0.312 e. The number of Topliss-reactive ketones (excluding diaryl/α,β-unsaturated/α-hetero) is 1. The number of thiophene rings is 1. The number of carbonyl (C=O) groups is 2. The first-order valence-corrected chi connectivity index (χ1v) is 8.58. The first-order valence-electron chi connectivity index (χ1n) is 7.70. The molecule has 4 rings (SSSR count). The summed E-state index contributed by atoms with van der Waals surface area (Å²) in [4.78, 5) is 25.1. The summed E-state index contributed by atoms with van der Waals surface area (Å²) in [5.41, 5.74) is 1.08. The molecule has 2 aliphatic heterocycles. The summed E-state index contributed by atoms with van der Waals surface area (Å²) in [6.07, 6.45) is 0.321. The van der Waals surface area contributed by atoms with E-state index in [9.17, 15) is 9.59 Å². The highest BCUT2D eigenvalue weighted by molar-refractivity contribution is 7.12. The van der Waals surface area contributed by atoms with Crippen LogP contribution in [0.4, 0.5) is 0 Å². The quantitative estimate of drug-likeness (QED) is 0.636. The van der Waals surface area contributed by atoms with Gasteiger partial charge in [-0.05, 0) is 23.4 Å². The number of esters is 1. The van der Waals surface area contributed by atoms with Gasteiger partial charge in [0.15, 0.2) is 5.78 Å². The molecule has 0 radical (unpaired) electrons. The third-order valence-corrected chi connectivity index (χ3v) is 5.47. The number of fused-ring (bicyclic) bond motifs is 1. The average molecular weight is 328 g/mol. The molecule has 118 valence electrons. The minimum Gasteiger partial charge on any atom is -0.435 e. The third kappa shape index (κ3) is 2.71. The SMILES string of the molecule is O=C(C[C@@H]1C(=O)O[C@@H]2O[C@H](c3ccccc3)C[C@@H]21)c1cccs1. The van der Waals surface area contributed by atoms with E-state index in [1.54, 1.807) is 6.07 Å². The van der Waals surface area contributed by atoms with E-state index >= 15 is 0 Å². The van der Waals surface area contributed by atoms with Gasteiger partial charge in [-0.1, -0.05) is 36.4 Å². The van der Waals surface area contributed by atoms with Crippen molar-refractivity contribution in [2.75, 3.05) is 0 Å². The van der Waals surface area contributed by atoms with Crippen LogP contribution < -0.4 is 0 Å². The third-order valence-electron chi connectivity index (χ3n) is 4.56. The molecule has 1 aromatic carbocycles. The van der Waals surface area contributed by atoms with Crippen LogP contribution in [0.15, 0.2) is 47.8 Å². The van der Waals surface area contributed by atoms with Crippen LogP contribution in [-0.2, 0) is 14.3 Å². The van der Waals surface area contributed by atoms with E-state index in [0.717, 1.165) is 5.56 Å². The average Bonchev–Trinajstić information content (AvgIpc) is 3.27. The van der Waals surface area contributed by atoms with Crippen molar-refractivity contribution in [1.29, 1.82) is 0 Å². The highest BCUT2D eigenvalue weighted by atomic mass is 32.1. The minimum atomic E-state index is -0.520. The lowest BCUT2D eigenvalue weighted by Gasteiger charge is -2.13. The van der Waals surface area contributed by atoms with Crippen molar-refractivity contribution in [2.45, 2.75) is 25.2 Å². The van der Waals surface area contributed by atoms with Gasteiger partial charge < -0.3 is 9.47 Å². The zero-order valence-corrected chi connectivity index (χ0v) is 13.2. The fourth-order valence-electron chi connectivity index (χ4n) is 3.38. The lowest BCUT2D eigenvalue weighted by Crippen LogP contribution is -2.20. The molecule has 23 heavy (non-hydrogen) atoms. The highest BCUT2D eigenvalue weighted by Crippen LogP contribution is 2.46. The predicted octanol–water partition coefficient (Wildman–Crippen LogP) is 3.60. The van der Waals surface area contributed by atoms with Gasteiger partial charge in [0.25, 0.3) is 0 Å². The van der Waals surface area contributed by atoms with Crippen LogP contribution in [0.2, 0.25) is 0 Å². The minimum absolute atomic E-state index is 0.00533. The van der Waals surface area contributed by atoms with Gasteiger partial charge in [-0.15, -0.1) is 11.3 Å². The van der Waals surface area contributed by atoms with E-state index in [4.69, 9.17) is 9.47 Å². The van der Waals surface area contributed by atoms with Crippen molar-refractivity contribution in [2.24, 2.45) is 11.8 Å². The van der Waals surface area contributed by atoms with Crippen LogP contribution in [0, 0.1) is 11.8 Å². The van der Waals surface area contributed by atoms with Crippen molar-refractivity contribution < 1.29 is 19.1 Å². The summed E-state index contributed by atoms with van der Waals surface area (Å²) >= 11 is 1.41. The number of ether oxygens (including phenoxy) is 2. The second-order valence-electron chi connectivity index (χ2n) is 5.95. The summed E-state index contributed by atoms with van der Waals surface area (Å²) in [6, 6.07) is 13.6. The highest BCUT2D eigenvalue weighted by Gasteiger charge is 2.52. The van der Waals surface area contributed by atoms with Crippen molar-refractivity contribution in [3.63, 3.8) is 0 Å². The molecule has 2 aromatic rings. The van der Waals surface area contributed by atoms with Gasteiger partial charge in [0.2, 0.25) is 6.29 Å². The molecule has 3 heterocycles. The normalized spacial score (nSPS) is 29.3. The van der Waals surface area contributed by atoms with Crippen LogP contribution in [0.1, 0.15) is 34.2 Å². The van der Waals surface area contributed by atoms with Gasteiger partial charge in [0.1, 0.15) is 0 Å². The number of rotatable bonds is 4. The fraction of sp³-hybridized carbons (Fsp3) is 0.333. The summed E-state index contributed by atoms with van der Waals surface area (Å²) in [5, 5.41) is 1.87. The Bertz CT molecular complexity index is 710. The number of carbonyl (C=O) groups excluding carboxylic acids is 2. The van der Waals surface area contributed by atoms with Crippen LogP contribution in [0.3, 0.4) is 0 Å². The van der Waals surface area contributed by atoms with Crippen molar-refractivity contribution >= 4 is 23.1 Å². The van der Waals surface area contributed by atoms with Gasteiger partial charge in [-0.25, -0.2) is 0 Å². The Balaban J connectivity index is 1.49. The number of hydrogen-bond acceptors (Lipinski definition) is 5. The molecule has 0 bridgehead atoms. The molecule has 2 saturated heterocycles. The van der Waals surface area contributed by atoms with E-state index < -0.39 is 12.2 Å². The summed E-state index contributed by atoms with van der Waals surface area (Å²) in [5.74, 6) is -0.748. The summed E-state index contributed by atoms with van der Waals surface area (Å²) in [6.45, 7) is 0. The first kappa shape index (κ1) is 14.6. The number of benzene rings is 1. The molecule has 2 fully saturated rings. The Kier molecular flexibility index (Phi) is 3.75. The molecule has 0 aliphatic carbocycles. The largest absolute Gasteiger partial charge is 0.435 e. The Morgan fingerprint density at radius 1 is 1.17 bits per heavy atom. The second-order valence-corrected chi connectivity index (χ2v) is 6.90. The molecular formula is C18H16O4S. The Morgan fingerprint density at radius 2 is 2.00 bits per heavy atom. The fourth-order valence-corrected chi connectivity index (χ4v) is 4.05. The van der Waals surface area contributed by atoms with Crippen molar-refractivity contribution in [1.82, 2.24) is 0 Å². The van der Waals surface area contributed by atoms with Gasteiger partial charge in [0, 0.05) is 12.3 Å². The topological polar surface area (TPSA) is 52.6 Å². The van der Waals surface area contributed by atoms with E-state index in [1.807, 2.05) is 41.8 Å². The van der Waals surface area contributed by atoms with Gasteiger partial charge in [-0.3, -0.25) is 9.59 Å². The summed E-state index contributed by atoms with van der Waals surface area (Å²) < 4.78 is 11.3. The second kappa shape index (κ2) is 5.91. The lowest BCUT2D eigenvalue weighted by molar-refractivity contribution is -0.165. The Hall–Kier alpha value is -1.98. The van der Waals surface area contributed by atoms with Crippen LogP contribution in [-0.4, -0.2) is 18.0 Å². The molecule has 0 saturated carbocycles. The molecule has 0 unspecified atom stereocenters. The van der Waals surface area contributed by atoms with Crippen molar-refractivity contribution in [3.05, 3.63) is 58.3 Å². The van der Waals surface area contributed by atoms with Gasteiger partial charge in [-0.2, -0.15) is 0 Å². The maximum absolute atomic E-state index is 12.3. The van der Waals surface area contributed by atoms with E-state index in [0.29, 0.717) is 11.3 Å². The zero-order valence-electron chi connectivity index (χ0n) is 12.4. The lowest BCUT2D eigenvalue weighted by atomic mass is 9.86. The van der Waals surface area contributed by atoms with Crippen molar-refractivity contribution in [3.8, 4) is 0 Å². The van der Waals surface area contributed by atoms with Gasteiger partial charge >= 0.3 is 5.97 Å². The van der Waals surface area contributed by atoms with Gasteiger partial charge in [0.05, 0.1) is 16.9 Å². The van der Waals surface area contributed by atoms with E-state index in [2.05, 4.69) is 0 Å². The molecule has 0 amide bonds. The molecule has 4 nitrogen and oxygen atoms in total. The maximum atomic E-state index is 12.3. The monoisotopic (exact) mass is 328 g/mol. The zero-order chi connectivity index (χ0) is 15.8. The standard InChI is InChI=1S/C18H16O4S/c19-14(16-7-4-8-23-16)9-12-13-10-15(11-5-2-1-3-6-11)21-18(13)22-17(12)20/h1-8,12-13,15,18H,9-10H2/t12-,13+,15-,18-/m0/s1. The molecule has 4 atom stereocenters. The molecule has 1 aromatic heterocycles. The van der Waals surface area contributed by atoms with Crippen LogP contribution in [0.25, 0.3) is 0 Å². The van der Waals surface area contributed by atoms with Crippen LogP contribution in [0.5, 0.6) is 0 Å². The maximum Gasteiger partial charge on any atom is 0.312 e. The molecule has 0 N–H and O–H groups in total. The van der Waals surface area contributed by atoms with E-state index in [-0.39, 0.29) is 30.2 Å². The van der Waals surface area contributed by atoms with E-state index in [1.165, 1.54) is 11.3 Å². The Labute approximate surface area is 138 Å². The molecule has 2 aliphatic rings. The Morgan fingerprint density at radius 3 is 2.74 bits per heavy atom. The molecule has 0 spiro atoms. The summed E-state index contributed by atoms with van der Waals surface area (Å²) in [7, 11) is 0. The number of ketones is 1. The molecular weight excluding hydrogens is 312 g/mol. The molecule has 5 heteroatoms.